The third-order valence-electron chi connectivity index (χ3n) is 3.85. The maximum absolute atomic E-state index is 12.2. The Morgan fingerprint density at radius 1 is 1.41 bits per heavy atom. The van der Waals surface area contributed by atoms with Crippen molar-refractivity contribution in [3.05, 3.63) is 49.1 Å². The van der Waals surface area contributed by atoms with Gasteiger partial charge in [-0.15, -0.1) is 0 Å². The fraction of sp³-hybridized carbons (Fsp3) is 0.267. The standard InChI is InChI=1S/C15H16Cl2N6O4/c1-22-12-11(13(25)20-15(22)26)23(14(19-12)21-18)5-8(24)6-27-10-3-2-7(16)4-9(10)17/h2-4,8,24H,5-6,18H2,1H3,(H,19,21)(H,20,25,26)/t8-/m1/s1. The number of aromatic nitrogens is 4. The summed E-state index contributed by atoms with van der Waals surface area (Å²) in [7, 11) is 1.46. The molecule has 2 aromatic heterocycles. The van der Waals surface area contributed by atoms with Gasteiger partial charge >= 0.3 is 5.69 Å². The zero-order valence-electron chi connectivity index (χ0n) is 14.1. The molecule has 0 radical (unpaired) electrons. The monoisotopic (exact) mass is 414 g/mol. The van der Waals surface area contributed by atoms with Gasteiger partial charge in [0, 0.05) is 12.1 Å². The van der Waals surface area contributed by atoms with Crippen LogP contribution in [0.15, 0.2) is 27.8 Å². The smallest absolute Gasteiger partial charge is 0.329 e. The third-order valence-corrected chi connectivity index (χ3v) is 4.39. The molecule has 0 aliphatic heterocycles. The normalized spacial score (nSPS) is 12.3. The van der Waals surface area contributed by atoms with E-state index in [1.54, 1.807) is 12.1 Å². The summed E-state index contributed by atoms with van der Waals surface area (Å²) in [5.41, 5.74) is 1.32. The molecule has 27 heavy (non-hydrogen) atoms. The molecule has 0 fully saturated rings. The number of aliphatic hydroxyl groups is 1. The lowest BCUT2D eigenvalue weighted by Crippen LogP contribution is -2.31. The second kappa shape index (κ2) is 7.61. The van der Waals surface area contributed by atoms with Gasteiger partial charge in [-0.05, 0) is 18.2 Å². The number of nitrogens with one attached hydrogen (secondary N) is 2. The molecular weight excluding hydrogens is 399 g/mol. The molecule has 12 heteroatoms. The summed E-state index contributed by atoms with van der Waals surface area (Å²) in [6, 6.07) is 4.71. The number of nitrogens with zero attached hydrogens (tertiary/aromatic N) is 3. The average Bonchev–Trinajstić information content (AvgIpc) is 2.98. The Morgan fingerprint density at radius 2 is 2.15 bits per heavy atom. The second-order valence-corrected chi connectivity index (χ2v) is 6.56. The van der Waals surface area contributed by atoms with Gasteiger partial charge < -0.3 is 14.4 Å². The first kappa shape index (κ1) is 19.2. The van der Waals surface area contributed by atoms with Crippen LogP contribution in [-0.4, -0.2) is 36.9 Å². The first-order chi connectivity index (χ1) is 12.8. The summed E-state index contributed by atoms with van der Waals surface area (Å²) in [6.45, 7) is -0.183. The topological polar surface area (TPSA) is 140 Å². The lowest BCUT2D eigenvalue weighted by atomic mass is 10.3. The molecular formula is C15H16Cl2N6O4. The molecule has 0 aliphatic carbocycles. The third kappa shape index (κ3) is 3.78. The molecule has 0 amide bonds. The highest BCUT2D eigenvalue weighted by molar-refractivity contribution is 6.35. The van der Waals surface area contributed by atoms with E-state index in [1.165, 1.54) is 22.2 Å². The highest BCUT2D eigenvalue weighted by Crippen LogP contribution is 2.27. The molecule has 1 atom stereocenters. The molecule has 144 valence electrons. The van der Waals surface area contributed by atoms with E-state index < -0.39 is 17.4 Å². The maximum atomic E-state index is 12.2. The van der Waals surface area contributed by atoms with Gasteiger partial charge in [-0.2, -0.15) is 4.98 Å². The van der Waals surface area contributed by atoms with E-state index in [0.29, 0.717) is 15.8 Å². The van der Waals surface area contributed by atoms with Gasteiger partial charge in [0.15, 0.2) is 11.2 Å². The van der Waals surface area contributed by atoms with Gasteiger partial charge in [-0.25, -0.2) is 10.6 Å². The number of hydrogen-bond donors (Lipinski definition) is 4. The van der Waals surface area contributed by atoms with Crippen LogP contribution in [0.4, 0.5) is 5.95 Å². The van der Waals surface area contributed by atoms with Gasteiger partial charge in [0.2, 0.25) is 5.95 Å². The van der Waals surface area contributed by atoms with Crippen molar-refractivity contribution in [3.8, 4) is 5.75 Å². The molecule has 0 saturated heterocycles. The van der Waals surface area contributed by atoms with Crippen molar-refractivity contribution in [1.82, 2.24) is 19.1 Å². The van der Waals surface area contributed by atoms with Crippen LogP contribution < -0.4 is 27.3 Å². The lowest BCUT2D eigenvalue weighted by molar-refractivity contribution is 0.0939. The number of H-pyrrole nitrogens is 1. The van der Waals surface area contributed by atoms with Crippen LogP contribution in [0.2, 0.25) is 10.0 Å². The molecule has 1 aromatic carbocycles. The fourth-order valence-corrected chi connectivity index (χ4v) is 3.03. The molecule has 2 heterocycles. The van der Waals surface area contributed by atoms with Crippen LogP contribution in [0.25, 0.3) is 11.2 Å². The number of nitrogen functional groups attached to an aromatic ring is 1. The highest BCUT2D eigenvalue weighted by Gasteiger charge is 2.19. The van der Waals surface area contributed by atoms with Crippen molar-refractivity contribution in [1.29, 1.82) is 0 Å². The highest BCUT2D eigenvalue weighted by atomic mass is 35.5. The molecule has 3 rings (SSSR count). The number of imidazole rings is 1. The van der Waals surface area contributed by atoms with Crippen LogP contribution in [0.1, 0.15) is 0 Å². The van der Waals surface area contributed by atoms with Crippen LogP contribution in [-0.2, 0) is 13.6 Å². The Morgan fingerprint density at radius 3 is 2.81 bits per heavy atom. The van der Waals surface area contributed by atoms with E-state index in [9.17, 15) is 14.7 Å². The lowest BCUT2D eigenvalue weighted by Gasteiger charge is -2.15. The van der Waals surface area contributed by atoms with Gasteiger partial charge in [0.05, 0.1) is 11.6 Å². The van der Waals surface area contributed by atoms with Crippen molar-refractivity contribution in [2.45, 2.75) is 12.6 Å². The van der Waals surface area contributed by atoms with Crippen molar-refractivity contribution in [3.63, 3.8) is 0 Å². The zero-order chi connectivity index (χ0) is 19.7. The van der Waals surface area contributed by atoms with Crippen LogP contribution in [0.3, 0.4) is 0 Å². The summed E-state index contributed by atoms with van der Waals surface area (Å²) in [5, 5.41) is 11.1. The number of benzene rings is 1. The Labute approximate surface area is 162 Å². The van der Waals surface area contributed by atoms with Crippen molar-refractivity contribution < 1.29 is 9.84 Å². The summed E-state index contributed by atoms with van der Waals surface area (Å²) < 4.78 is 8.03. The van der Waals surface area contributed by atoms with E-state index in [-0.39, 0.29) is 30.3 Å². The zero-order valence-corrected chi connectivity index (χ0v) is 15.6. The molecule has 10 nitrogen and oxygen atoms in total. The first-order valence-corrected chi connectivity index (χ1v) is 8.49. The molecule has 0 unspecified atom stereocenters. The second-order valence-electron chi connectivity index (χ2n) is 5.72. The number of fused-ring (bicyclic) bond motifs is 1. The molecule has 0 aliphatic rings. The van der Waals surface area contributed by atoms with Gasteiger partial charge in [-0.1, -0.05) is 23.2 Å². The van der Waals surface area contributed by atoms with Crippen molar-refractivity contribution >= 4 is 40.3 Å². The van der Waals surface area contributed by atoms with Crippen LogP contribution >= 0.6 is 23.2 Å². The van der Waals surface area contributed by atoms with Crippen LogP contribution in [0.5, 0.6) is 5.75 Å². The SMILES string of the molecule is Cn1c(=O)[nH]c(=O)c2c1nc(NN)n2C[C@@H](O)COc1ccc(Cl)cc1Cl. The Kier molecular flexibility index (Phi) is 5.42. The number of anilines is 1. The number of aromatic amines is 1. The molecule has 3 aromatic rings. The van der Waals surface area contributed by atoms with E-state index in [1.807, 2.05) is 0 Å². The number of aliphatic hydroxyl groups excluding tert-OH is 1. The Bertz CT molecular complexity index is 1110. The van der Waals surface area contributed by atoms with Crippen LogP contribution in [0, 0.1) is 0 Å². The number of aryl methyl sites for hydroxylation is 1. The summed E-state index contributed by atoms with van der Waals surface area (Å²) in [5.74, 6) is 5.92. The minimum atomic E-state index is -1.03. The predicted molar refractivity (Wildman–Crippen MR) is 101 cm³/mol. The number of rotatable bonds is 6. The summed E-state index contributed by atoms with van der Waals surface area (Å²) in [4.78, 5) is 30.2. The van der Waals surface area contributed by atoms with E-state index in [0.717, 1.165) is 0 Å². The van der Waals surface area contributed by atoms with E-state index in [4.69, 9.17) is 33.8 Å². The molecule has 0 bridgehead atoms. The number of halogens is 2. The maximum Gasteiger partial charge on any atom is 0.329 e. The summed E-state index contributed by atoms with van der Waals surface area (Å²) in [6.07, 6.45) is -1.03. The van der Waals surface area contributed by atoms with Gasteiger partial charge in [0.1, 0.15) is 18.5 Å². The van der Waals surface area contributed by atoms with Crippen molar-refractivity contribution in [2.24, 2.45) is 12.9 Å². The number of hydrogen-bond acceptors (Lipinski definition) is 7. The quantitative estimate of drug-likeness (QED) is 0.339. The van der Waals surface area contributed by atoms with E-state index in [2.05, 4.69) is 15.4 Å². The molecule has 0 spiro atoms. The number of ether oxygens (including phenoxy) is 1. The van der Waals surface area contributed by atoms with Gasteiger partial charge in [-0.3, -0.25) is 19.8 Å². The molecule has 0 saturated carbocycles. The summed E-state index contributed by atoms with van der Waals surface area (Å²) >= 11 is 11.9. The Hall–Kier alpha value is -2.53. The first-order valence-electron chi connectivity index (χ1n) is 7.74. The van der Waals surface area contributed by atoms with E-state index >= 15 is 0 Å². The molecule has 5 N–H and O–H groups in total. The minimum absolute atomic E-state index is 0.0669. The average molecular weight is 415 g/mol. The fourth-order valence-electron chi connectivity index (χ4n) is 2.56. The largest absolute Gasteiger partial charge is 0.489 e. The van der Waals surface area contributed by atoms with Gasteiger partial charge in [0.25, 0.3) is 5.56 Å². The number of nitrogens with two attached hydrogens (primary N) is 1. The Balaban J connectivity index is 1.86. The predicted octanol–water partition coefficient (Wildman–Crippen LogP) is 0.456. The minimum Gasteiger partial charge on any atom is -0.489 e. The number of hydrazine groups is 1. The van der Waals surface area contributed by atoms with Crippen molar-refractivity contribution in [2.75, 3.05) is 12.0 Å².